The van der Waals surface area contributed by atoms with Crippen molar-refractivity contribution in [1.82, 2.24) is 4.90 Å². The summed E-state index contributed by atoms with van der Waals surface area (Å²) in [6, 6.07) is 3.51. The third-order valence-corrected chi connectivity index (χ3v) is 3.76. The summed E-state index contributed by atoms with van der Waals surface area (Å²) in [4.78, 5) is 24.8. The summed E-state index contributed by atoms with van der Waals surface area (Å²) in [5, 5.41) is 0. The van der Waals surface area contributed by atoms with E-state index in [1.165, 1.54) is 18.1 Å². The maximum atomic E-state index is 13.0. The Hall–Kier alpha value is -1.63. The summed E-state index contributed by atoms with van der Waals surface area (Å²) >= 11 is 1.13. The fraction of sp³-hybridized carbons (Fsp3) is 0.429. The lowest BCUT2D eigenvalue weighted by atomic mass is 10.3. The topological polar surface area (TPSA) is 46.6 Å². The van der Waals surface area contributed by atoms with Crippen molar-refractivity contribution in [2.24, 2.45) is 0 Å². The van der Waals surface area contributed by atoms with E-state index in [9.17, 15) is 18.4 Å². The second kappa shape index (κ2) is 8.61. The molecule has 4 nitrogen and oxygen atoms in total. The van der Waals surface area contributed by atoms with Gasteiger partial charge in [-0.25, -0.2) is 8.78 Å². The number of ether oxygens (including phenoxy) is 1. The Labute approximate surface area is 126 Å². The van der Waals surface area contributed by atoms with Crippen LogP contribution in [0.4, 0.5) is 8.78 Å². The number of amides is 1. The zero-order chi connectivity index (χ0) is 15.8. The highest BCUT2D eigenvalue weighted by molar-refractivity contribution is 8.00. The van der Waals surface area contributed by atoms with Crippen LogP contribution in [0.25, 0.3) is 0 Å². The molecular weight excluding hydrogens is 300 g/mol. The van der Waals surface area contributed by atoms with Crippen LogP contribution in [0.1, 0.15) is 12.8 Å². The predicted octanol–water partition coefficient (Wildman–Crippen LogP) is 2.47. The van der Waals surface area contributed by atoms with Crippen molar-refractivity contribution in [3.63, 3.8) is 0 Å². The van der Waals surface area contributed by atoms with Crippen LogP contribution in [0.2, 0.25) is 0 Å². The van der Waals surface area contributed by atoms with Gasteiger partial charge in [-0.1, -0.05) is 0 Å². The normalized spacial score (nSPS) is 10.3. The van der Waals surface area contributed by atoms with E-state index in [1.807, 2.05) is 0 Å². The molecule has 0 saturated heterocycles. The molecule has 0 bridgehead atoms. The average Bonchev–Trinajstić information content (AvgIpc) is 2.47. The Morgan fingerprint density at radius 2 is 2.00 bits per heavy atom. The first-order valence-corrected chi connectivity index (χ1v) is 7.31. The maximum Gasteiger partial charge on any atom is 0.305 e. The number of methoxy groups -OCH3 is 1. The quantitative estimate of drug-likeness (QED) is 0.572. The molecule has 116 valence electrons. The van der Waals surface area contributed by atoms with Crippen molar-refractivity contribution in [3.05, 3.63) is 29.8 Å². The van der Waals surface area contributed by atoms with Crippen LogP contribution in [0.3, 0.4) is 0 Å². The number of esters is 1. The van der Waals surface area contributed by atoms with Gasteiger partial charge in [-0.15, -0.1) is 11.8 Å². The first-order valence-electron chi connectivity index (χ1n) is 6.32. The lowest BCUT2D eigenvalue weighted by Gasteiger charge is -2.16. The molecule has 1 aromatic rings. The number of hydrogen-bond donors (Lipinski definition) is 0. The fourth-order valence-electron chi connectivity index (χ4n) is 1.51. The van der Waals surface area contributed by atoms with E-state index in [4.69, 9.17) is 0 Å². The Kier molecular flexibility index (Phi) is 7.14. The van der Waals surface area contributed by atoms with Gasteiger partial charge in [0.1, 0.15) is 0 Å². The van der Waals surface area contributed by atoms with E-state index in [0.717, 1.165) is 23.9 Å². The van der Waals surface area contributed by atoms with E-state index >= 15 is 0 Å². The molecule has 0 spiro atoms. The summed E-state index contributed by atoms with van der Waals surface area (Å²) in [6.45, 7) is 0.437. The molecule has 0 saturated carbocycles. The molecule has 1 amide bonds. The number of hydrogen-bond acceptors (Lipinski definition) is 4. The molecule has 0 N–H and O–H groups in total. The summed E-state index contributed by atoms with van der Waals surface area (Å²) in [7, 11) is 2.95. The molecule has 1 aromatic carbocycles. The zero-order valence-electron chi connectivity index (χ0n) is 11.9. The van der Waals surface area contributed by atoms with Gasteiger partial charge in [0.15, 0.2) is 11.6 Å². The van der Waals surface area contributed by atoms with Crippen LogP contribution in [0.5, 0.6) is 0 Å². The first-order chi connectivity index (χ1) is 9.93. The largest absolute Gasteiger partial charge is 0.469 e. The highest BCUT2D eigenvalue weighted by Crippen LogP contribution is 2.20. The van der Waals surface area contributed by atoms with Crippen LogP contribution >= 0.6 is 11.8 Å². The number of carbonyl (C=O) groups excluding carboxylic acids is 2. The van der Waals surface area contributed by atoms with Gasteiger partial charge in [0.05, 0.1) is 12.9 Å². The van der Waals surface area contributed by atoms with E-state index in [1.54, 1.807) is 7.05 Å². The minimum absolute atomic E-state index is 0.125. The fourth-order valence-corrected chi connectivity index (χ4v) is 2.37. The van der Waals surface area contributed by atoms with E-state index < -0.39 is 11.6 Å². The summed E-state index contributed by atoms with van der Waals surface area (Å²) in [6.07, 6.45) is 0.773. The van der Waals surface area contributed by atoms with Gasteiger partial charge in [0, 0.05) is 24.9 Å². The Morgan fingerprint density at radius 3 is 2.62 bits per heavy atom. The minimum Gasteiger partial charge on any atom is -0.469 e. The molecule has 0 aliphatic carbocycles. The molecule has 7 heteroatoms. The Balaban J connectivity index is 2.35. The molecule has 0 aliphatic rings. The van der Waals surface area contributed by atoms with E-state index in [2.05, 4.69) is 4.74 Å². The average molecular weight is 317 g/mol. The first kappa shape index (κ1) is 17.4. The molecule has 1 rings (SSSR count). The van der Waals surface area contributed by atoms with Crippen molar-refractivity contribution in [1.29, 1.82) is 0 Å². The van der Waals surface area contributed by atoms with Crippen LogP contribution in [-0.4, -0.2) is 43.2 Å². The number of halogens is 2. The third-order valence-electron chi connectivity index (χ3n) is 2.78. The molecule has 0 aromatic heterocycles. The van der Waals surface area contributed by atoms with Crippen molar-refractivity contribution in [3.8, 4) is 0 Å². The van der Waals surface area contributed by atoms with Gasteiger partial charge < -0.3 is 9.64 Å². The van der Waals surface area contributed by atoms with Crippen LogP contribution < -0.4 is 0 Å². The number of thioether (sulfide) groups is 1. The number of rotatable bonds is 7. The van der Waals surface area contributed by atoms with Gasteiger partial charge in [-0.05, 0) is 24.6 Å². The number of benzene rings is 1. The molecule has 0 unspecified atom stereocenters. The summed E-state index contributed by atoms with van der Waals surface area (Å²) in [5.74, 6) is -2.18. The zero-order valence-corrected chi connectivity index (χ0v) is 12.7. The molecular formula is C14H17F2NO3S. The van der Waals surface area contributed by atoms with Crippen molar-refractivity contribution < 1.29 is 23.1 Å². The van der Waals surface area contributed by atoms with Crippen molar-refractivity contribution in [2.45, 2.75) is 17.7 Å². The standard InChI is InChI=1S/C14H17F2NO3S/c1-17(7-3-4-14(19)20-2)13(18)9-21-10-5-6-11(15)12(16)8-10/h5-6,8H,3-4,7,9H2,1-2H3. The monoisotopic (exact) mass is 317 g/mol. The lowest BCUT2D eigenvalue weighted by molar-refractivity contribution is -0.141. The van der Waals surface area contributed by atoms with E-state index in [-0.39, 0.29) is 24.1 Å². The van der Waals surface area contributed by atoms with Crippen LogP contribution in [-0.2, 0) is 14.3 Å². The molecule has 21 heavy (non-hydrogen) atoms. The number of carbonyl (C=O) groups is 2. The second-order valence-corrected chi connectivity index (χ2v) is 5.41. The predicted molar refractivity (Wildman–Crippen MR) is 76.0 cm³/mol. The highest BCUT2D eigenvalue weighted by atomic mass is 32.2. The van der Waals surface area contributed by atoms with Crippen molar-refractivity contribution >= 4 is 23.6 Å². The third kappa shape index (κ3) is 6.12. The van der Waals surface area contributed by atoms with Gasteiger partial charge in [0.2, 0.25) is 5.91 Å². The second-order valence-electron chi connectivity index (χ2n) is 4.36. The van der Waals surface area contributed by atoms with Crippen LogP contribution in [0, 0.1) is 11.6 Å². The molecule has 0 atom stereocenters. The minimum atomic E-state index is -0.932. The summed E-state index contributed by atoms with van der Waals surface area (Å²) in [5.41, 5.74) is 0. The Morgan fingerprint density at radius 1 is 1.29 bits per heavy atom. The van der Waals surface area contributed by atoms with Gasteiger partial charge in [-0.3, -0.25) is 9.59 Å². The SMILES string of the molecule is COC(=O)CCCN(C)C(=O)CSc1ccc(F)c(F)c1. The Bertz CT molecular complexity index is 511. The molecule has 0 heterocycles. The molecule has 0 fully saturated rings. The van der Waals surface area contributed by atoms with Gasteiger partial charge in [0.25, 0.3) is 0 Å². The smallest absolute Gasteiger partial charge is 0.305 e. The highest BCUT2D eigenvalue weighted by Gasteiger charge is 2.11. The van der Waals surface area contributed by atoms with Crippen molar-refractivity contribution in [2.75, 3.05) is 26.5 Å². The summed E-state index contributed by atoms with van der Waals surface area (Å²) < 4.78 is 30.3. The molecule has 0 radical (unpaired) electrons. The molecule has 0 aliphatic heterocycles. The maximum absolute atomic E-state index is 13.0. The number of nitrogens with zero attached hydrogens (tertiary/aromatic N) is 1. The van der Waals surface area contributed by atoms with Gasteiger partial charge in [-0.2, -0.15) is 0 Å². The van der Waals surface area contributed by atoms with E-state index in [0.29, 0.717) is 17.9 Å². The lowest BCUT2D eigenvalue weighted by Crippen LogP contribution is -2.29. The van der Waals surface area contributed by atoms with Gasteiger partial charge >= 0.3 is 5.97 Å². The van der Waals surface area contributed by atoms with Crippen LogP contribution in [0.15, 0.2) is 23.1 Å².